The van der Waals surface area contributed by atoms with Crippen LogP contribution in [0.25, 0.3) is 10.9 Å². The van der Waals surface area contributed by atoms with E-state index in [4.69, 9.17) is 16.3 Å². The van der Waals surface area contributed by atoms with Crippen molar-refractivity contribution in [1.29, 1.82) is 0 Å². The number of aryl methyl sites for hydroxylation is 1. The van der Waals surface area contributed by atoms with Crippen LogP contribution in [0, 0.1) is 6.92 Å². The molecule has 2 aromatic carbocycles. The minimum Gasteiger partial charge on any atom is -0.504 e. The number of rotatable bonds is 3. The number of ether oxygens (including phenoxy) is 1. The summed E-state index contributed by atoms with van der Waals surface area (Å²) >= 11 is 6.48. The van der Waals surface area contributed by atoms with Crippen LogP contribution in [0.2, 0.25) is 5.02 Å². The SMILES string of the molecule is COc1c(O)ccc(Cn2c3c(c4cc(C)ccc42)CCNC3)c1Cl.Cl. The highest BCUT2D eigenvalue weighted by atomic mass is 35.5. The fourth-order valence-corrected chi connectivity index (χ4v) is 4.04. The van der Waals surface area contributed by atoms with Crippen LogP contribution in [-0.2, 0) is 19.5 Å². The van der Waals surface area contributed by atoms with E-state index in [0.29, 0.717) is 17.3 Å². The molecule has 0 spiro atoms. The zero-order chi connectivity index (χ0) is 17.6. The molecule has 2 heterocycles. The highest BCUT2D eigenvalue weighted by Crippen LogP contribution is 2.38. The molecule has 0 atom stereocenters. The summed E-state index contributed by atoms with van der Waals surface area (Å²) in [5.74, 6) is 0.395. The quantitative estimate of drug-likeness (QED) is 0.692. The molecule has 0 fully saturated rings. The molecule has 4 nitrogen and oxygen atoms in total. The van der Waals surface area contributed by atoms with Crippen molar-refractivity contribution in [1.82, 2.24) is 9.88 Å². The molecule has 6 heteroatoms. The minimum atomic E-state index is 0. The summed E-state index contributed by atoms with van der Waals surface area (Å²) in [6.07, 6.45) is 1.04. The fraction of sp³-hybridized carbons (Fsp3) is 0.300. The summed E-state index contributed by atoms with van der Waals surface area (Å²) in [4.78, 5) is 0. The van der Waals surface area contributed by atoms with Crippen molar-refractivity contribution in [3.8, 4) is 11.5 Å². The van der Waals surface area contributed by atoms with Crippen LogP contribution in [-0.4, -0.2) is 23.3 Å². The lowest BCUT2D eigenvalue weighted by Gasteiger charge is -2.18. The van der Waals surface area contributed by atoms with E-state index in [9.17, 15) is 5.11 Å². The molecule has 0 saturated heterocycles. The van der Waals surface area contributed by atoms with Crippen LogP contribution >= 0.6 is 24.0 Å². The lowest BCUT2D eigenvalue weighted by atomic mass is 10.0. The van der Waals surface area contributed by atoms with Gasteiger partial charge in [-0.1, -0.05) is 29.3 Å². The van der Waals surface area contributed by atoms with Crippen LogP contribution in [0.5, 0.6) is 11.5 Å². The third kappa shape index (κ3) is 3.02. The molecule has 1 aliphatic heterocycles. The molecule has 1 aliphatic rings. The monoisotopic (exact) mass is 392 g/mol. The zero-order valence-corrected chi connectivity index (χ0v) is 16.4. The summed E-state index contributed by atoms with van der Waals surface area (Å²) < 4.78 is 7.58. The normalized spacial score (nSPS) is 13.3. The first-order chi connectivity index (χ1) is 12.1. The molecule has 0 aliphatic carbocycles. The number of hydrogen-bond donors (Lipinski definition) is 2. The van der Waals surface area contributed by atoms with Gasteiger partial charge in [0.05, 0.1) is 12.1 Å². The molecular weight excluding hydrogens is 371 g/mol. The number of nitrogens with one attached hydrogen (secondary N) is 1. The average Bonchev–Trinajstić information content (AvgIpc) is 2.91. The molecule has 0 unspecified atom stereocenters. The Hall–Kier alpha value is -1.88. The number of benzene rings is 2. The van der Waals surface area contributed by atoms with Crippen molar-refractivity contribution < 1.29 is 9.84 Å². The predicted octanol–water partition coefficient (Wildman–Crippen LogP) is 4.43. The molecule has 2 N–H and O–H groups in total. The van der Waals surface area contributed by atoms with Gasteiger partial charge in [-0.25, -0.2) is 0 Å². The van der Waals surface area contributed by atoms with Crippen molar-refractivity contribution in [2.24, 2.45) is 0 Å². The number of phenols is 1. The zero-order valence-electron chi connectivity index (χ0n) is 14.8. The van der Waals surface area contributed by atoms with Crippen LogP contribution in [0.3, 0.4) is 0 Å². The molecule has 0 saturated carbocycles. The van der Waals surface area contributed by atoms with E-state index in [0.717, 1.165) is 25.1 Å². The van der Waals surface area contributed by atoms with Crippen LogP contribution in [0.1, 0.15) is 22.4 Å². The third-order valence-electron chi connectivity index (χ3n) is 4.98. The topological polar surface area (TPSA) is 46.4 Å². The maximum atomic E-state index is 9.91. The third-order valence-corrected chi connectivity index (χ3v) is 5.39. The van der Waals surface area contributed by atoms with E-state index < -0.39 is 0 Å². The van der Waals surface area contributed by atoms with Gasteiger partial charge < -0.3 is 19.7 Å². The number of phenolic OH excluding ortho intramolecular Hbond substituents is 1. The first kappa shape index (κ1) is 18.9. The molecule has 26 heavy (non-hydrogen) atoms. The Kier molecular flexibility index (Phi) is 5.37. The van der Waals surface area contributed by atoms with Crippen molar-refractivity contribution in [2.75, 3.05) is 13.7 Å². The highest BCUT2D eigenvalue weighted by Gasteiger charge is 2.21. The van der Waals surface area contributed by atoms with Gasteiger partial charge >= 0.3 is 0 Å². The van der Waals surface area contributed by atoms with Gasteiger partial charge in [-0.15, -0.1) is 12.4 Å². The number of halogens is 2. The molecule has 3 aromatic rings. The molecule has 1 aromatic heterocycles. The van der Waals surface area contributed by atoms with Gasteiger partial charge in [-0.2, -0.15) is 0 Å². The maximum absolute atomic E-state index is 9.91. The van der Waals surface area contributed by atoms with Crippen molar-refractivity contribution in [3.63, 3.8) is 0 Å². The number of hydrogen-bond acceptors (Lipinski definition) is 3. The van der Waals surface area contributed by atoms with Gasteiger partial charge in [0, 0.05) is 29.7 Å². The van der Waals surface area contributed by atoms with Crippen LogP contribution < -0.4 is 10.1 Å². The van der Waals surface area contributed by atoms with Crippen LogP contribution in [0.15, 0.2) is 30.3 Å². The van der Waals surface area contributed by atoms with Gasteiger partial charge in [-0.05, 0) is 49.2 Å². The second-order valence-electron chi connectivity index (χ2n) is 6.55. The summed E-state index contributed by atoms with van der Waals surface area (Å²) in [5.41, 5.74) is 6.18. The summed E-state index contributed by atoms with van der Waals surface area (Å²) in [5, 5.41) is 15.2. The predicted molar refractivity (Wildman–Crippen MR) is 108 cm³/mol. The van der Waals surface area contributed by atoms with Crippen molar-refractivity contribution >= 4 is 34.9 Å². The molecule has 0 bridgehead atoms. The number of fused-ring (bicyclic) bond motifs is 3. The standard InChI is InChI=1S/C20H21ClN2O2.ClH/c1-12-3-5-16-15(9-12)14-7-8-22-10-17(14)23(16)11-13-4-6-18(24)20(25-2)19(13)21;/h3-6,9,22,24H,7-8,10-11H2,1-2H3;1H. The largest absolute Gasteiger partial charge is 0.504 e. The van der Waals surface area contributed by atoms with Crippen molar-refractivity contribution in [2.45, 2.75) is 26.4 Å². The van der Waals surface area contributed by atoms with E-state index in [1.807, 2.05) is 6.07 Å². The Labute approximate surface area is 164 Å². The molecule has 4 rings (SSSR count). The molecule has 0 amide bonds. The van der Waals surface area contributed by atoms with E-state index in [1.165, 1.54) is 34.8 Å². The summed E-state index contributed by atoms with van der Waals surface area (Å²) in [7, 11) is 1.52. The summed E-state index contributed by atoms with van der Waals surface area (Å²) in [6, 6.07) is 10.1. The smallest absolute Gasteiger partial charge is 0.179 e. The van der Waals surface area contributed by atoms with Gasteiger partial charge in [0.2, 0.25) is 0 Å². The maximum Gasteiger partial charge on any atom is 0.179 e. The van der Waals surface area contributed by atoms with Gasteiger partial charge in [0.25, 0.3) is 0 Å². The molecule has 0 radical (unpaired) electrons. The Balaban J connectivity index is 0.00000196. The van der Waals surface area contributed by atoms with Crippen molar-refractivity contribution in [3.05, 3.63) is 57.7 Å². The van der Waals surface area contributed by atoms with E-state index in [2.05, 4.69) is 35.0 Å². The first-order valence-corrected chi connectivity index (χ1v) is 8.83. The Bertz CT molecular complexity index is 966. The number of nitrogens with zero attached hydrogens (tertiary/aromatic N) is 1. The second kappa shape index (κ2) is 7.39. The Morgan fingerprint density at radius 1 is 1.27 bits per heavy atom. The molecule has 138 valence electrons. The van der Waals surface area contributed by atoms with Gasteiger partial charge in [0.15, 0.2) is 11.5 Å². The lowest BCUT2D eigenvalue weighted by Crippen LogP contribution is -2.25. The van der Waals surface area contributed by atoms with E-state index in [-0.39, 0.29) is 18.2 Å². The second-order valence-corrected chi connectivity index (χ2v) is 6.93. The molecular formula is C20H22Cl2N2O2. The number of methoxy groups -OCH3 is 1. The number of aromatic hydroxyl groups is 1. The van der Waals surface area contributed by atoms with Crippen LogP contribution in [0.4, 0.5) is 0 Å². The highest BCUT2D eigenvalue weighted by molar-refractivity contribution is 6.33. The first-order valence-electron chi connectivity index (χ1n) is 8.45. The van der Waals surface area contributed by atoms with Gasteiger partial charge in [-0.3, -0.25) is 0 Å². The Morgan fingerprint density at radius 3 is 2.85 bits per heavy atom. The number of aromatic nitrogens is 1. The minimum absolute atomic E-state index is 0. The lowest BCUT2D eigenvalue weighted by molar-refractivity contribution is 0.373. The average molecular weight is 393 g/mol. The fourth-order valence-electron chi connectivity index (χ4n) is 3.75. The Morgan fingerprint density at radius 2 is 2.08 bits per heavy atom. The van der Waals surface area contributed by atoms with E-state index in [1.54, 1.807) is 6.07 Å². The van der Waals surface area contributed by atoms with E-state index >= 15 is 0 Å². The van der Waals surface area contributed by atoms with Gasteiger partial charge in [0.1, 0.15) is 0 Å². The summed E-state index contributed by atoms with van der Waals surface area (Å²) in [6.45, 7) is 4.64.